The smallest absolute Gasteiger partial charge is 0.258 e. The van der Waals surface area contributed by atoms with Crippen molar-refractivity contribution < 1.29 is 4.92 Å². The minimum absolute atomic E-state index is 0.0714. The highest BCUT2D eigenvalue weighted by Crippen LogP contribution is 2.37. The SMILES string of the molecule is CC1(c2cc([N+](=O)[O-])ccc2Cl)N=NN=N1. The Morgan fingerprint density at radius 3 is 2.56 bits per heavy atom. The van der Waals surface area contributed by atoms with Crippen LogP contribution in [0.15, 0.2) is 38.9 Å². The molecule has 0 aromatic heterocycles. The monoisotopic (exact) mass is 239 g/mol. The average Bonchev–Trinajstić information content (AvgIpc) is 2.66. The normalized spacial score (nSPS) is 16.6. The number of rotatable bonds is 2. The summed E-state index contributed by atoms with van der Waals surface area (Å²) in [6, 6.07) is 4.08. The number of benzene rings is 1. The molecule has 0 fully saturated rings. The molecular formula is C8H6ClN5O2. The molecule has 1 aliphatic rings. The second-order valence-electron chi connectivity index (χ2n) is 3.32. The van der Waals surface area contributed by atoms with Gasteiger partial charge in [0.1, 0.15) is 0 Å². The Morgan fingerprint density at radius 2 is 2.00 bits per heavy atom. The van der Waals surface area contributed by atoms with E-state index in [9.17, 15) is 10.1 Å². The molecule has 8 heteroatoms. The standard InChI is InChI=1S/C8H6ClN5O2/c1-8(10-12-13-11-8)6-4-5(14(15)16)2-3-7(6)9/h2-4H,1H3. The first kappa shape index (κ1) is 10.6. The van der Waals surface area contributed by atoms with E-state index in [2.05, 4.69) is 20.7 Å². The van der Waals surface area contributed by atoms with Crippen LogP contribution in [0.25, 0.3) is 0 Å². The fourth-order valence-electron chi connectivity index (χ4n) is 1.33. The Hall–Kier alpha value is -1.89. The van der Waals surface area contributed by atoms with Gasteiger partial charge in [-0.2, -0.15) is 0 Å². The fraction of sp³-hybridized carbons (Fsp3) is 0.250. The van der Waals surface area contributed by atoms with Gasteiger partial charge >= 0.3 is 0 Å². The van der Waals surface area contributed by atoms with Gasteiger partial charge in [0.15, 0.2) is 0 Å². The van der Waals surface area contributed by atoms with E-state index < -0.39 is 10.6 Å². The molecule has 82 valence electrons. The Kier molecular flexibility index (Phi) is 2.39. The van der Waals surface area contributed by atoms with Crippen molar-refractivity contribution >= 4 is 17.3 Å². The molecule has 0 amide bonds. The van der Waals surface area contributed by atoms with Crippen molar-refractivity contribution in [2.45, 2.75) is 12.6 Å². The molecule has 0 N–H and O–H groups in total. The molecule has 0 spiro atoms. The van der Waals surface area contributed by atoms with Crippen LogP contribution in [-0.4, -0.2) is 4.92 Å². The Labute approximate surface area is 95.0 Å². The quantitative estimate of drug-likeness (QED) is 0.585. The van der Waals surface area contributed by atoms with Crippen LogP contribution in [0.1, 0.15) is 12.5 Å². The van der Waals surface area contributed by atoms with Gasteiger partial charge in [-0.25, -0.2) is 0 Å². The molecule has 7 nitrogen and oxygen atoms in total. The van der Waals surface area contributed by atoms with Crippen molar-refractivity contribution in [3.8, 4) is 0 Å². The van der Waals surface area contributed by atoms with E-state index in [0.29, 0.717) is 10.6 Å². The highest BCUT2D eigenvalue weighted by atomic mass is 35.5. The molecule has 1 aliphatic heterocycles. The number of nitrogens with zero attached hydrogens (tertiary/aromatic N) is 5. The van der Waals surface area contributed by atoms with Crippen molar-refractivity contribution in [1.29, 1.82) is 0 Å². The zero-order valence-electron chi connectivity index (χ0n) is 8.16. The summed E-state index contributed by atoms with van der Waals surface area (Å²) < 4.78 is 0. The van der Waals surface area contributed by atoms with Crippen molar-refractivity contribution in [3.05, 3.63) is 38.9 Å². The molecule has 2 rings (SSSR count). The molecule has 0 unspecified atom stereocenters. The summed E-state index contributed by atoms with van der Waals surface area (Å²) >= 11 is 5.94. The van der Waals surface area contributed by atoms with Crippen LogP contribution < -0.4 is 0 Å². The van der Waals surface area contributed by atoms with Crippen LogP contribution in [0.2, 0.25) is 5.02 Å². The van der Waals surface area contributed by atoms with Crippen molar-refractivity contribution in [2.75, 3.05) is 0 Å². The molecule has 16 heavy (non-hydrogen) atoms. The van der Waals surface area contributed by atoms with Gasteiger partial charge in [0, 0.05) is 22.7 Å². The molecule has 0 radical (unpaired) electrons. The maximum Gasteiger partial charge on any atom is 0.269 e. The second kappa shape index (κ2) is 3.60. The average molecular weight is 240 g/mol. The van der Waals surface area contributed by atoms with Gasteiger partial charge < -0.3 is 0 Å². The number of hydrogen-bond acceptors (Lipinski definition) is 6. The number of nitro groups is 1. The lowest BCUT2D eigenvalue weighted by molar-refractivity contribution is -0.385. The highest BCUT2D eigenvalue weighted by Gasteiger charge is 2.33. The summed E-state index contributed by atoms with van der Waals surface area (Å²) in [4.78, 5) is 10.1. The van der Waals surface area contributed by atoms with Gasteiger partial charge in [0.25, 0.3) is 5.69 Å². The highest BCUT2D eigenvalue weighted by molar-refractivity contribution is 6.31. The van der Waals surface area contributed by atoms with Crippen molar-refractivity contribution in [1.82, 2.24) is 0 Å². The zero-order chi connectivity index (χ0) is 11.8. The lowest BCUT2D eigenvalue weighted by Crippen LogP contribution is -2.13. The van der Waals surface area contributed by atoms with Crippen LogP contribution in [-0.2, 0) is 5.66 Å². The lowest BCUT2D eigenvalue weighted by atomic mass is 10.0. The molecular weight excluding hydrogens is 234 g/mol. The number of nitro benzene ring substituents is 1. The van der Waals surface area contributed by atoms with E-state index in [0.717, 1.165) is 0 Å². The molecule has 1 aromatic carbocycles. The third kappa shape index (κ3) is 1.65. The van der Waals surface area contributed by atoms with Crippen LogP contribution in [0.3, 0.4) is 0 Å². The topological polar surface area (TPSA) is 92.6 Å². The molecule has 0 aliphatic carbocycles. The van der Waals surface area contributed by atoms with Gasteiger partial charge in [-0.3, -0.25) is 10.1 Å². The van der Waals surface area contributed by atoms with E-state index in [1.165, 1.54) is 18.2 Å². The van der Waals surface area contributed by atoms with Gasteiger partial charge in [0.05, 0.1) is 4.92 Å². The van der Waals surface area contributed by atoms with Gasteiger partial charge in [-0.1, -0.05) is 11.6 Å². The van der Waals surface area contributed by atoms with Crippen molar-refractivity contribution in [3.63, 3.8) is 0 Å². The molecule has 0 saturated heterocycles. The largest absolute Gasteiger partial charge is 0.269 e. The Morgan fingerprint density at radius 1 is 1.38 bits per heavy atom. The van der Waals surface area contributed by atoms with Gasteiger partial charge in [0.2, 0.25) is 5.66 Å². The number of halogens is 1. The zero-order valence-corrected chi connectivity index (χ0v) is 8.92. The first-order valence-electron chi connectivity index (χ1n) is 4.31. The van der Waals surface area contributed by atoms with Gasteiger partial charge in [-0.15, -0.1) is 10.2 Å². The number of hydrogen-bond donors (Lipinski definition) is 0. The molecule has 0 bridgehead atoms. The first-order chi connectivity index (χ1) is 7.53. The fourth-order valence-corrected chi connectivity index (χ4v) is 1.63. The number of non-ortho nitro benzene ring substituents is 1. The summed E-state index contributed by atoms with van der Waals surface area (Å²) in [5, 5.41) is 25.3. The van der Waals surface area contributed by atoms with Gasteiger partial charge in [-0.05, 0) is 23.4 Å². The predicted octanol–water partition coefficient (Wildman–Crippen LogP) is 3.25. The van der Waals surface area contributed by atoms with E-state index in [4.69, 9.17) is 11.6 Å². The Bertz CT molecular complexity index is 501. The van der Waals surface area contributed by atoms with Crippen LogP contribution >= 0.6 is 11.6 Å². The van der Waals surface area contributed by atoms with Crippen LogP contribution in [0.5, 0.6) is 0 Å². The summed E-state index contributed by atoms with van der Waals surface area (Å²) in [6.07, 6.45) is 0. The van der Waals surface area contributed by atoms with Crippen LogP contribution in [0, 0.1) is 10.1 Å². The van der Waals surface area contributed by atoms with Crippen molar-refractivity contribution in [2.24, 2.45) is 20.7 Å². The van der Waals surface area contributed by atoms with Crippen LogP contribution in [0.4, 0.5) is 5.69 Å². The molecule has 0 saturated carbocycles. The van der Waals surface area contributed by atoms with E-state index >= 15 is 0 Å². The molecule has 1 aromatic rings. The maximum absolute atomic E-state index is 10.6. The predicted molar refractivity (Wildman–Crippen MR) is 55.2 cm³/mol. The first-order valence-corrected chi connectivity index (χ1v) is 4.69. The molecule has 1 heterocycles. The summed E-state index contributed by atoms with van der Waals surface area (Å²) in [7, 11) is 0. The maximum atomic E-state index is 10.6. The summed E-state index contributed by atoms with van der Waals surface area (Å²) in [5.41, 5.74) is -0.727. The minimum atomic E-state index is -1.07. The van der Waals surface area contributed by atoms with E-state index in [1.807, 2.05) is 0 Å². The third-order valence-corrected chi connectivity index (χ3v) is 2.52. The minimum Gasteiger partial charge on any atom is -0.258 e. The lowest BCUT2D eigenvalue weighted by Gasteiger charge is -2.14. The van der Waals surface area contributed by atoms with E-state index in [-0.39, 0.29) is 5.69 Å². The summed E-state index contributed by atoms with van der Waals surface area (Å²) in [6.45, 7) is 1.62. The molecule has 0 atom stereocenters. The summed E-state index contributed by atoms with van der Waals surface area (Å²) in [5.74, 6) is 0. The Balaban J connectivity index is 2.55. The van der Waals surface area contributed by atoms with E-state index in [1.54, 1.807) is 6.92 Å². The second-order valence-corrected chi connectivity index (χ2v) is 3.73. The third-order valence-electron chi connectivity index (χ3n) is 2.19.